The van der Waals surface area contributed by atoms with Gasteiger partial charge in [-0.05, 0) is 28.8 Å². The van der Waals surface area contributed by atoms with Crippen LogP contribution in [0.25, 0.3) is 0 Å². The first-order chi connectivity index (χ1) is 15.1. The molecule has 0 bridgehead atoms. The normalized spacial score (nSPS) is 11.5. The maximum atomic E-state index is 12.1. The molecule has 0 saturated heterocycles. The Labute approximate surface area is 182 Å². The summed E-state index contributed by atoms with van der Waals surface area (Å²) in [5, 5.41) is 2.64. The summed E-state index contributed by atoms with van der Waals surface area (Å²) in [5.41, 5.74) is 8.39. The predicted molar refractivity (Wildman–Crippen MR) is 118 cm³/mol. The number of carbonyl (C=O) groups is 2. The molecule has 0 aromatic heterocycles. The second-order valence-electron chi connectivity index (χ2n) is 7.12. The first-order valence-corrected chi connectivity index (χ1v) is 10.1. The van der Waals surface area contributed by atoms with Crippen LogP contribution in [0.2, 0.25) is 0 Å². The Balaban J connectivity index is 1.46. The van der Waals surface area contributed by atoms with E-state index in [0.29, 0.717) is 19.6 Å². The molecule has 2 amide bonds. The summed E-state index contributed by atoms with van der Waals surface area (Å²) in [6.07, 6.45) is 0.290. The number of hydrogen-bond donors (Lipinski definition) is 2. The quantitative estimate of drug-likeness (QED) is 0.501. The number of nitrogens with one attached hydrogen (secondary N) is 1. The van der Waals surface area contributed by atoms with Crippen LogP contribution in [-0.4, -0.2) is 24.5 Å². The van der Waals surface area contributed by atoms with Crippen molar-refractivity contribution >= 4 is 11.8 Å². The largest absolute Gasteiger partial charge is 0.489 e. The van der Waals surface area contributed by atoms with Gasteiger partial charge in [-0.25, -0.2) is 0 Å². The van der Waals surface area contributed by atoms with Gasteiger partial charge in [-0.15, -0.1) is 0 Å². The van der Waals surface area contributed by atoms with Gasteiger partial charge in [-0.2, -0.15) is 0 Å². The molecule has 160 valence electrons. The third kappa shape index (κ3) is 7.60. The Morgan fingerprint density at radius 1 is 0.774 bits per heavy atom. The molecule has 6 heteroatoms. The van der Waals surface area contributed by atoms with Crippen LogP contribution in [0, 0.1) is 0 Å². The minimum absolute atomic E-state index is 0.148. The third-order valence-corrected chi connectivity index (χ3v) is 4.63. The fraction of sp³-hybridized carbons (Fsp3) is 0.200. The number of hydrogen-bond acceptors (Lipinski definition) is 4. The molecule has 3 aromatic carbocycles. The van der Waals surface area contributed by atoms with Gasteiger partial charge in [0.25, 0.3) is 0 Å². The number of amides is 2. The first kappa shape index (κ1) is 22.1. The molecule has 0 aliphatic carbocycles. The van der Waals surface area contributed by atoms with Crippen molar-refractivity contribution in [3.63, 3.8) is 0 Å². The highest BCUT2D eigenvalue weighted by Crippen LogP contribution is 2.15. The van der Waals surface area contributed by atoms with Crippen LogP contribution in [0.1, 0.15) is 16.7 Å². The number of ether oxygens (including phenoxy) is 2. The van der Waals surface area contributed by atoms with Crippen molar-refractivity contribution in [2.24, 2.45) is 5.73 Å². The van der Waals surface area contributed by atoms with Gasteiger partial charge in [0.05, 0.1) is 6.61 Å². The Kier molecular flexibility index (Phi) is 8.20. The maximum Gasteiger partial charge on any atom is 0.246 e. The summed E-state index contributed by atoms with van der Waals surface area (Å²) in [7, 11) is 0. The molecule has 3 N–H and O–H groups in total. The van der Waals surface area contributed by atoms with Crippen LogP contribution < -0.4 is 15.8 Å². The molecule has 0 spiro atoms. The van der Waals surface area contributed by atoms with Gasteiger partial charge in [-0.3, -0.25) is 9.59 Å². The van der Waals surface area contributed by atoms with Gasteiger partial charge in [0.15, 0.2) is 0 Å². The number of primary amides is 1. The highest BCUT2D eigenvalue weighted by Gasteiger charge is 2.18. The Morgan fingerprint density at radius 3 is 1.94 bits per heavy atom. The van der Waals surface area contributed by atoms with Crippen molar-refractivity contribution in [3.05, 3.63) is 102 Å². The van der Waals surface area contributed by atoms with Crippen molar-refractivity contribution in [1.82, 2.24) is 5.32 Å². The Hall–Kier alpha value is -3.64. The van der Waals surface area contributed by atoms with Crippen molar-refractivity contribution in [2.75, 3.05) is 6.61 Å². The van der Waals surface area contributed by atoms with Crippen LogP contribution in [-0.2, 0) is 34.0 Å². The molecular weight excluding hydrogens is 392 g/mol. The van der Waals surface area contributed by atoms with Crippen LogP contribution in [0.4, 0.5) is 0 Å². The molecule has 0 saturated carbocycles. The summed E-state index contributed by atoms with van der Waals surface area (Å²) in [5.74, 6) is -0.259. The summed E-state index contributed by atoms with van der Waals surface area (Å²) < 4.78 is 11.2. The predicted octanol–water partition coefficient (Wildman–Crippen LogP) is 3.00. The van der Waals surface area contributed by atoms with E-state index in [2.05, 4.69) is 5.32 Å². The maximum absolute atomic E-state index is 12.1. The Morgan fingerprint density at radius 2 is 1.35 bits per heavy atom. The number of carbonyl (C=O) groups excluding carboxylic acids is 2. The van der Waals surface area contributed by atoms with E-state index in [-0.39, 0.29) is 12.5 Å². The fourth-order valence-corrected chi connectivity index (χ4v) is 2.99. The number of nitrogens with two attached hydrogens (primary N) is 1. The lowest BCUT2D eigenvalue weighted by Crippen LogP contribution is -2.47. The molecular formula is C25H26N2O4. The zero-order valence-corrected chi connectivity index (χ0v) is 17.2. The molecule has 0 unspecified atom stereocenters. The topological polar surface area (TPSA) is 90.7 Å². The molecule has 0 aliphatic heterocycles. The molecule has 0 fully saturated rings. The van der Waals surface area contributed by atoms with E-state index >= 15 is 0 Å². The second-order valence-corrected chi connectivity index (χ2v) is 7.12. The molecule has 1 atom stereocenters. The zero-order valence-electron chi connectivity index (χ0n) is 17.2. The van der Waals surface area contributed by atoms with Gasteiger partial charge in [0.1, 0.15) is 25.0 Å². The van der Waals surface area contributed by atoms with Crippen LogP contribution in [0.3, 0.4) is 0 Å². The van der Waals surface area contributed by atoms with Gasteiger partial charge in [0, 0.05) is 6.42 Å². The molecule has 0 heterocycles. The van der Waals surface area contributed by atoms with E-state index in [1.807, 2.05) is 84.9 Å². The van der Waals surface area contributed by atoms with E-state index < -0.39 is 11.9 Å². The molecule has 0 aliphatic rings. The van der Waals surface area contributed by atoms with E-state index in [1.54, 1.807) is 0 Å². The van der Waals surface area contributed by atoms with E-state index in [9.17, 15) is 9.59 Å². The Bertz CT molecular complexity index is 960. The van der Waals surface area contributed by atoms with E-state index in [1.165, 1.54) is 0 Å². The summed E-state index contributed by atoms with van der Waals surface area (Å²) in [6, 6.07) is 26.0. The molecule has 0 radical (unpaired) electrons. The lowest BCUT2D eigenvalue weighted by atomic mass is 10.1. The average Bonchev–Trinajstić information content (AvgIpc) is 2.79. The highest BCUT2D eigenvalue weighted by molar-refractivity contribution is 5.87. The minimum Gasteiger partial charge on any atom is -0.489 e. The van der Waals surface area contributed by atoms with Gasteiger partial charge >= 0.3 is 0 Å². The molecule has 3 rings (SSSR count). The summed E-state index contributed by atoms with van der Waals surface area (Å²) >= 11 is 0. The van der Waals surface area contributed by atoms with Crippen molar-refractivity contribution in [3.8, 4) is 5.75 Å². The van der Waals surface area contributed by atoms with Crippen LogP contribution >= 0.6 is 0 Å². The first-order valence-electron chi connectivity index (χ1n) is 10.1. The van der Waals surface area contributed by atoms with E-state index in [0.717, 1.165) is 22.4 Å². The minimum atomic E-state index is -0.816. The van der Waals surface area contributed by atoms with Gasteiger partial charge in [0.2, 0.25) is 11.8 Å². The molecule has 31 heavy (non-hydrogen) atoms. The SMILES string of the molecule is NC(=O)[C@H](Cc1ccc(OCc2ccccc2)cc1)NC(=O)COCc1ccccc1. The van der Waals surface area contributed by atoms with Crippen molar-refractivity contribution in [2.45, 2.75) is 25.7 Å². The fourth-order valence-electron chi connectivity index (χ4n) is 2.99. The second kappa shape index (κ2) is 11.5. The average molecular weight is 418 g/mol. The van der Waals surface area contributed by atoms with Crippen molar-refractivity contribution < 1.29 is 19.1 Å². The van der Waals surface area contributed by atoms with Gasteiger partial charge < -0.3 is 20.5 Å². The zero-order chi connectivity index (χ0) is 21.9. The molecule has 3 aromatic rings. The summed E-state index contributed by atoms with van der Waals surface area (Å²) in [6.45, 7) is 0.647. The molecule has 6 nitrogen and oxygen atoms in total. The number of benzene rings is 3. The van der Waals surface area contributed by atoms with Crippen molar-refractivity contribution in [1.29, 1.82) is 0 Å². The lowest BCUT2D eigenvalue weighted by Gasteiger charge is -2.16. The van der Waals surface area contributed by atoms with E-state index in [4.69, 9.17) is 15.2 Å². The lowest BCUT2D eigenvalue weighted by molar-refractivity contribution is -0.130. The van der Waals surface area contributed by atoms with Crippen LogP contribution in [0.15, 0.2) is 84.9 Å². The van der Waals surface area contributed by atoms with Gasteiger partial charge in [-0.1, -0.05) is 72.8 Å². The van der Waals surface area contributed by atoms with Crippen LogP contribution in [0.5, 0.6) is 5.75 Å². The number of rotatable bonds is 11. The monoisotopic (exact) mass is 418 g/mol. The third-order valence-electron chi connectivity index (χ3n) is 4.63. The highest BCUT2D eigenvalue weighted by atomic mass is 16.5. The summed E-state index contributed by atoms with van der Waals surface area (Å²) in [4.78, 5) is 24.0. The standard InChI is InChI=1S/C25H26N2O4/c26-25(29)23(27-24(28)18-30-16-20-7-3-1-4-8-20)15-19-11-13-22(14-12-19)31-17-21-9-5-2-6-10-21/h1-14,23H,15-18H2,(H2,26,29)(H,27,28)/t23-/m0/s1. The smallest absolute Gasteiger partial charge is 0.246 e.